The van der Waals surface area contributed by atoms with Gasteiger partial charge in [0, 0.05) is 4.90 Å². The van der Waals surface area contributed by atoms with Gasteiger partial charge in [0.05, 0.1) is 12.0 Å². The van der Waals surface area contributed by atoms with E-state index in [0.29, 0.717) is 6.42 Å². The van der Waals surface area contributed by atoms with Crippen LogP contribution in [0.4, 0.5) is 0 Å². The molecule has 0 bridgehead atoms. The minimum atomic E-state index is -0.586. The van der Waals surface area contributed by atoms with Crippen molar-refractivity contribution in [1.29, 1.82) is 0 Å². The molecule has 1 rings (SSSR count). The predicted octanol–water partition coefficient (Wildman–Crippen LogP) is 7.10. The van der Waals surface area contributed by atoms with E-state index in [0.717, 1.165) is 4.90 Å². The van der Waals surface area contributed by atoms with E-state index in [1.54, 1.807) is 11.8 Å². The molecule has 0 saturated heterocycles. The maximum atomic E-state index is 12.1. The maximum Gasteiger partial charge on any atom is 0.342 e. The second-order valence-electron chi connectivity index (χ2n) is 10.6. The zero-order valence-electron chi connectivity index (χ0n) is 19.8. The van der Waals surface area contributed by atoms with Crippen LogP contribution < -0.4 is 0 Å². The van der Waals surface area contributed by atoms with E-state index < -0.39 is 16.4 Å². The van der Waals surface area contributed by atoms with Gasteiger partial charge in [-0.2, -0.15) is 15.1 Å². The summed E-state index contributed by atoms with van der Waals surface area (Å²) in [7, 11) is 0. The van der Waals surface area contributed by atoms with Gasteiger partial charge < -0.3 is 0 Å². The Morgan fingerprint density at radius 2 is 1.45 bits per heavy atom. The fraction of sp³-hybridized carbons (Fsp3) is 0.696. The van der Waals surface area contributed by atoms with Gasteiger partial charge in [0.25, 0.3) is 0 Å². The summed E-state index contributed by atoms with van der Waals surface area (Å²) in [5.41, 5.74) is 0.570. The highest BCUT2D eigenvalue weighted by Gasteiger charge is 2.29. The number of carbonyl (C=O) groups excluding carboxylic acids is 1. The lowest BCUT2D eigenvalue weighted by Gasteiger charge is -2.25. The number of thioether (sulfide) groups is 1. The van der Waals surface area contributed by atoms with Crippen LogP contribution in [0.2, 0.25) is 0 Å². The molecule has 6 heteroatoms. The lowest BCUT2D eigenvalue weighted by molar-refractivity contribution is -0.320. The van der Waals surface area contributed by atoms with Crippen molar-refractivity contribution in [2.24, 2.45) is 10.2 Å². The first kappa shape index (κ1) is 25.6. The van der Waals surface area contributed by atoms with Crippen molar-refractivity contribution in [1.82, 2.24) is 0 Å². The monoisotopic (exact) mass is 422 g/mol. The second-order valence-corrected chi connectivity index (χ2v) is 12.1. The molecule has 0 N–H and O–H groups in total. The van der Waals surface area contributed by atoms with Crippen molar-refractivity contribution in [3.63, 3.8) is 0 Å². The second kappa shape index (κ2) is 9.61. The molecule has 1 aromatic carbocycles. The van der Waals surface area contributed by atoms with Crippen molar-refractivity contribution in [2.75, 3.05) is 0 Å². The summed E-state index contributed by atoms with van der Waals surface area (Å²) in [6.45, 7) is 20.1. The molecule has 5 nitrogen and oxygen atoms in total. The first-order chi connectivity index (χ1) is 13.0. The highest BCUT2D eigenvalue weighted by molar-refractivity contribution is 8.00. The molecule has 164 valence electrons. The van der Waals surface area contributed by atoms with E-state index in [-0.39, 0.29) is 17.4 Å². The summed E-state index contributed by atoms with van der Waals surface area (Å²) in [5, 5.41) is 9.08. The SMILES string of the molecule is CC(C)(C)N=NC(C)(CCC(=O)OOC(C)(C)C)Sc1ccc(C(C)(C)C)cc1. The van der Waals surface area contributed by atoms with E-state index in [4.69, 9.17) is 9.78 Å². The van der Waals surface area contributed by atoms with E-state index >= 15 is 0 Å². The van der Waals surface area contributed by atoms with Gasteiger partial charge in [0.1, 0.15) is 10.5 Å². The molecule has 0 fully saturated rings. The lowest BCUT2D eigenvalue weighted by atomic mass is 9.87. The highest BCUT2D eigenvalue weighted by atomic mass is 32.2. The number of benzene rings is 1. The maximum absolute atomic E-state index is 12.1. The molecule has 1 atom stereocenters. The first-order valence-electron chi connectivity index (χ1n) is 10.1. The van der Waals surface area contributed by atoms with Crippen LogP contribution in [0.25, 0.3) is 0 Å². The van der Waals surface area contributed by atoms with Crippen molar-refractivity contribution in [3.8, 4) is 0 Å². The number of carbonyl (C=O) groups is 1. The molecule has 1 unspecified atom stereocenters. The smallest absolute Gasteiger partial charge is 0.298 e. The molecule has 0 saturated carbocycles. The van der Waals surface area contributed by atoms with Gasteiger partial charge in [0.15, 0.2) is 0 Å². The summed E-state index contributed by atoms with van der Waals surface area (Å²) in [4.78, 5) is 22.7. The summed E-state index contributed by atoms with van der Waals surface area (Å²) >= 11 is 1.61. The third-order valence-corrected chi connectivity index (χ3v) is 5.03. The molecular formula is C23H38N2O3S. The Hall–Kier alpha value is -1.40. The topological polar surface area (TPSA) is 60.2 Å². The summed E-state index contributed by atoms with van der Waals surface area (Å²) in [5.74, 6) is -0.402. The van der Waals surface area contributed by atoms with Crippen molar-refractivity contribution in [2.45, 2.75) is 108 Å². The van der Waals surface area contributed by atoms with E-state index in [1.807, 2.05) is 48.5 Å². The third-order valence-electron chi connectivity index (χ3n) is 3.80. The molecule has 0 spiro atoms. The van der Waals surface area contributed by atoms with Gasteiger partial charge in [-0.1, -0.05) is 44.7 Å². The van der Waals surface area contributed by atoms with E-state index in [1.165, 1.54) is 5.56 Å². The summed E-state index contributed by atoms with van der Waals surface area (Å²) < 4.78 is 0. The number of hydrogen-bond acceptors (Lipinski definition) is 6. The fourth-order valence-corrected chi connectivity index (χ4v) is 3.27. The molecular weight excluding hydrogens is 384 g/mol. The Morgan fingerprint density at radius 1 is 0.897 bits per heavy atom. The van der Waals surface area contributed by atoms with E-state index in [9.17, 15) is 4.79 Å². The predicted molar refractivity (Wildman–Crippen MR) is 120 cm³/mol. The molecule has 29 heavy (non-hydrogen) atoms. The van der Waals surface area contributed by atoms with Gasteiger partial charge >= 0.3 is 5.97 Å². The highest BCUT2D eigenvalue weighted by Crippen LogP contribution is 2.39. The van der Waals surface area contributed by atoms with Crippen LogP contribution >= 0.6 is 11.8 Å². The Bertz CT molecular complexity index is 695. The fourth-order valence-electron chi connectivity index (χ4n) is 2.20. The number of nitrogens with zero attached hydrogens (tertiary/aromatic N) is 2. The Kier molecular flexibility index (Phi) is 8.49. The van der Waals surface area contributed by atoms with Gasteiger partial charge in [-0.3, -0.25) is 4.89 Å². The molecule has 0 aliphatic carbocycles. The quantitative estimate of drug-likeness (QED) is 0.203. The molecule has 0 amide bonds. The minimum Gasteiger partial charge on any atom is -0.298 e. The van der Waals surface area contributed by atoms with Crippen molar-refractivity contribution >= 4 is 17.7 Å². The zero-order valence-corrected chi connectivity index (χ0v) is 20.6. The Balaban J connectivity index is 2.92. The Labute approximate surface area is 181 Å². The van der Waals surface area contributed by atoms with Crippen LogP contribution in [0.1, 0.15) is 87.6 Å². The number of hydrogen-bond donors (Lipinski definition) is 0. The summed E-state index contributed by atoms with van der Waals surface area (Å²) in [6, 6.07) is 8.51. The number of azo groups is 1. The Morgan fingerprint density at radius 3 is 1.90 bits per heavy atom. The first-order valence-corrected chi connectivity index (χ1v) is 10.9. The van der Waals surface area contributed by atoms with E-state index in [2.05, 4.69) is 55.3 Å². The van der Waals surface area contributed by atoms with Crippen LogP contribution in [0.3, 0.4) is 0 Å². The van der Waals surface area contributed by atoms with Crippen molar-refractivity contribution < 1.29 is 14.6 Å². The van der Waals surface area contributed by atoms with Gasteiger partial charge in [-0.05, 0) is 78.0 Å². The summed E-state index contributed by atoms with van der Waals surface area (Å²) in [6.07, 6.45) is 0.688. The largest absolute Gasteiger partial charge is 0.342 e. The van der Waals surface area contributed by atoms with Crippen molar-refractivity contribution in [3.05, 3.63) is 29.8 Å². The van der Waals surface area contributed by atoms with Crippen LogP contribution in [-0.4, -0.2) is 22.0 Å². The average molecular weight is 423 g/mol. The van der Waals surface area contributed by atoms with Gasteiger partial charge in [-0.15, -0.1) is 0 Å². The minimum absolute atomic E-state index is 0.106. The van der Waals surface area contributed by atoms with Gasteiger partial charge in [0.2, 0.25) is 0 Å². The molecule has 0 aliphatic rings. The third kappa shape index (κ3) is 10.8. The normalized spacial score (nSPS) is 15.4. The molecule has 1 aromatic rings. The molecule has 0 aliphatic heterocycles. The standard InChI is InChI=1S/C23H38N2O3S/c1-20(2,3)17-11-13-18(14-12-17)29-23(10,25-24-21(4,5)6)16-15-19(26)27-28-22(7,8)9/h11-14H,15-16H2,1-10H3. The molecule has 0 radical (unpaired) electrons. The lowest BCUT2D eigenvalue weighted by Crippen LogP contribution is -2.24. The average Bonchev–Trinajstić information content (AvgIpc) is 2.55. The van der Waals surface area contributed by atoms with Crippen LogP contribution in [0.15, 0.2) is 39.4 Å². The van der Waals surface area contributed by atoms with Crippen LogP contribution in [0, 0.1) is 0 Å². The molecule has 0 heterocycles. The number of rotatable bonds is 7. The molecule has 0 aromatic heterocycles. The zero-order chi connectivity index (χ0) is 22.5. The van der Waals surface area contributed by atoms with Crippen LogP contribution in [0.5, 0.6) is 0 Å². The van der Waals surface area contributed by atoms with Gasteiger partial charge in [-0.25, -0.2) is 4.79 Å². The van der Waals surface area contributed by atoms with Crippen LogP contribution in [-0.2, 0) is 20.0 Å².